The third-order valence-electron chi connectivity index (χ3n) is 6.37. The van der Waals surface area contributed by atoms with E-state index in [0.29, 0.717) is 5.69 Å². The molecule has 0 N–H and O–H groups in total. The summed E-state index contributed by atoms with van der Waals surface area (Å²) in [5.74, 6) is 0. The van der Waals surface area contributed by atoms with Crippen LogP contribution in [0, 0.1) is 27.3 Å². The van der Waals surface area contributed by atoms with Crippen LogP contribution >= 0.6 is 0 Å². The molecule has 3 aromatic carbocycles. The van der Waals surface area contributed by atoms with E-state index in [1.807, 2.05) is 31.3 Å². The minimum atomic E-state index is 0.651. The summed E-state index contributed by atoms with van der Waals surface area (Å²) in [5.41, 5.74) is 12.5. The van der Waals surface area contributed by atoms with Gasteiger partial charge in [-0.05, 0) is 80.1 Å². The van der Waals surface area contributed by atoms with E-state index in [0.717, 1.165) is 65.0 Å². The lowest BCUT2D eigenvalue weighted by Crippen LogP contribution is -1.99. The highest BCUT2D eigenvalue weighted by Gasteiger charge is 2.17. The number of benzene rings is 3. The molecule has 0 radical (unpaired) electrons. The number of rotatable bonds is 7. The molecule has 0 unspecified atom stereocenters. The quantitative estimate of drug-likeness (QED) is 0.258. The van der Waals surface area contributed by atoms with Gasteiger partial charge in [0.25, 0.3) is 0 Å². The fourth-order valence-corrected chi connectivity index (χ4v) is 4.82. The lowest BCUT2D eigenvalue weighted by Gasteiger charge is -2.15. The van der Waals surface area contributed by atoms with Gasteiger partial charge in [0.15, 0.2) is 5.69 Å². The molecule has 4 rings (SSSR count). The molecule has 0 saturated heterocycles. The second-order valence-corrected chi connectivity index (χ2v) is 9.43. The lowest BCUT2D eigenvalue weighted by molar-refractivity contribution is 0.920. The van der Waals surface area contributed by atoms with Gasteiger partial charge in [-0.15, -0.1) is 0 Å². The first kappa shape index (κ1) is 24.4. The van der Waals surface area contributed by atoms with Crippen LogP contribution in [0.2, 0.25) is 0 Å². The smallest absolute Gasteiger partial charge is 0.190 e. The average molecular weight is 460 g/mol. The topological polar surface area (TPSA) is 30.1 Å². The highest BCUT2D eigenvalue weighted by atomic mass is 14.8. The van der Waals surface area contributed by atoms with Crippen molar-refractivity contribution in [2.75, 3.05) is 0 Å². The normalized spacial score (nSPS) is 10.9. The highest BCUT2D eigenvalue weighted by molar-refractivity contribution is 5.82. The summed E-state index contributed by atoms with van der Waals surface area (Å²) < 4.78 is 0. The van der Waals surface area contributed by atoms with Gasteiger partial charge in [-0.1, -0.05) is 68.1 Å². The van der Waals surface area contributed by atoms with Gasteiger partial charge in [-0.25, -0.2) is 9.83 Å². The first-order chi connectivity index (χ1) is 16.9. The zero-order valence-corrected chi connectivity index (χ0v) is 21.4. The second kappa shape index (κ2) is 10.7. The van der Waals surface area contributed by atoms with Crippen LogP contribution in [0.15, 0.2) is 60.8 Å². The Bertz CT molecular complexity index is 1410. The van der Waals surface area contributed by atoms with Crippen LogP contribution in [0.4, 0.5) is 5.69 Å². The molecule has 0 aliphatic rings. The standard InChI is InChI=1S/C32H33N3/c1-7-10-24-14-21(3)16-26(18-24)31-32(27-17-22(4)15-25(19-27)11-8-2)35-30(20-34-31)28-12-9-13-29(33-6)23(28)5/h9,12-20H,7-8,10-11H2,1-5H3. The molecule has 176 valence electrons. The number of aryl methyl sites for hydroxylation is 4. The lowest BCUT2D eigenvalue weighted by atomic mass is 9.95. The van der Waals surface area contributed by atoms with Crippen LogP contribution in [0.1, 0.15) is 54.5 Å². The fourth-order valence-electron chi connectivity index (χ4n) is 4.82. The molecule has 0 spiro atoms. The van der Waals surface area contributed by atoms with Crippen molar-refractivity contribution < 1.29 is 0 Å². The molecule has 1 aromatic heterocycles. The second-order valence-electron chi connectivity index (χ2n) is 9.43. The molecular formula is C32H33N3. The first-order valence-electron chi connectivity index (χ1n) is 12.5. The van der Waals surface area contributed by atoms with Crippen LogP contribution in [-0.4, -0.2) is 9.97 Å². The molecule has 0 aliphatic carbocycles. The first-order valence-corrected chi connectivity index (χ1v) is 12.5. The predicted molar refractivity (Wildman–Crippen MR) is 147 cm³/mol. The Morgan fingerprint density at radius 3 is 1.94 bits per heavy atom. The minimum absolute atomic E-state index is 0.651. The maximum atomic E-state index is 7.52. The summed E-state index contributed by atoms with van der Waals surface area (Å²) in [6, 6.07) is 19.3. The van der Waals surface area contributed by atoms with E-state index in [2.05, 4.69) is 68.9 Å². The molecule has 0 amide bonds. The highest BCUT2D eigenvalue weighted by Crippen LogP contribution is 2.35. The van der Waals surface area contributed by atoms with Crippen molar-refractivity contribution in [3.63, 3.8) is 0 Å². The summed E-state index contributed by atoms with van der Waals surface area (Å²) in [4.78, 5) is 13.9. The van der Waals surface area contributed by atoms with E-state index in [4.69, 9.17) is 16.5 Å². The van der Waals surface area contributed by atoms with Crippen LogP contribution in [0.5, 0.6) is 0 Å². The SMILES string of the molecule is [C-]#[N+]c1cccc(-c2cnc(-c3cc(C)cc(CCC)c3)c(-c3cc(C)cc(CCC)c3)n2)c1C. The Kier molecular flexibility index (Phi) is 7.42. The molecular weight excluding hydrogens is 426 g/mol. The van der Waals surface area contributed by atoms with Crippen LogP contribution in [-0.2, 0) is 12.8 Å². The monoisotopic (exact) mass is 459 g/mol. The predicted octanol–water partition coefficient (Wildman–Crippen LogP) is 8.86. The van der Waals surface area contributed by atoms with E-state index < -0.39 is 0 Å². The zero-order valence-electron chi connectivity index (χ0n) is 21.4. The molecule has 0 saturated carbocycles. The van der Waals surface area contributed by atoms with Gasteiger partial charge in [0, 0.05) is 11.1 Å². The van der Waals surface area contributed by atoms with Gasteiger partial charge in [-0.3, -0.25) is 4.98 Å². The molecule has 0 fully saturated rings. The largest absolute Gasteiger partial charge is 0.252 e. The fraction of sp³-hybridized carbons (Fsp3) is 0.281. The van der Waals surface area contributed by atoms with Crippen molar-refractivity contribution in [2.24, 2.45) is 0 Å². The molecule has 0 aliphatic heterocycles. The van der Waals surface area contributed by atoms with Crippen molar-refractivity contribution in [1.29, 1.82) is 0 Å². The van der Waals surface area contributed by atoms with Gasteiger partial charge in [0.2, 0.25) is 0 Å². The molecule has 0 bridgehead atoms. The summed E-state index contributed by atoms with van der Waals surface area (Å²) in [7, 11) is 0. The van der Waals surface area contributed by atoms with E-state index in [9.17, 15) is 0 Å². The molecule has 35 heavy (non-hydrogen) atoms. The summed E-state index contributed by atoms with van der Waals surface area (Å²) in [5, 5.41) is 0. The Hall–Kier alpha value is -3.77. The van der Waals surface area contributed by atoms with E-state index in [1.54, 1.807) is 0 Å². The van der Waals surface area contributed by atoms with Crippen LogP contribution in [0.25, 0.3) is 38.6 Å². The maximum Gasteiger partial charge on any atom is 0.190 e. The van der Waals surface area contributed by atoms with E-state index in [1.165, 1.54) is 22.3 Å². The van der Waals surface area contributed by atoms with E-state index in [-0.39, 0.29) is 0 Å². The third kappa shape index (κ3) is 5.33. The van der Waals surface area contributed by atoms with Crippen molar-refractivity contribution in [2.45, 2.75) is 60.3 Å². The molecule has 3 heteroatoms. The van der Waals surface area contributed by atoms with Gasteiger partial charge in [0.05, 0.1) is 29.9 Å². The molecule has 4 aromatic rings. The Morgan fingerprint density at radius 2 is 1.37 bits per heavy atom. The molecule has 0 atom stereocenters. The van der Waals surface area contributed by atoms with Crippen molar-refractivity contribution >= 4 is 5.69 Å². The van der Waals surface area contributed by atoms with E-state index >= 15 is 0 Å². The minimum Gasteiger partial charge on any atom is -0.252 e. The zero-order chi connectivity index (χ0) is 24.9. The van der Waals surface area contributed by atoms with Crippen molar-refractivity contribution in [3.05, 3.63) is 100 Å². The Morgan fingerprint density at radius 1 is 0.771 bits per heavy atom. The van der Waals surface area contributed by atoms with Crippen molar-refractivity contribution in [3.8, 4) is 33.8 Å². The van der Waals surface area contributed by atoms with Gasteiger partial charge in [0.1, 0.15) is 0 Å². The summed E-state index contributed by atoms with van der Waals surface area (Å²) in [6.45, 7) is 18.2. The number of hydrogen-bond acceptors (Lipinski definition) is 2. The Balaban J connectivity index is 1.98. The average Bonchev–Trinajstić information content (AvgIpc) is 2.83. The number of hydrogen-bond donors (Lipinski definition) is 0. The van der Waals surface area contributed by atoms with Crippen molar-refractivity contribution in [1.82, 2.24) is 9.97 Å². The number of aromatic nitrogens is 2. The van der Waals surface area contributed by atoms with Gasteiger partial charge < -0.3 is 0 Å². The third-order valence-corrected chi connectivity index (χ3v) is 6.37. The van der Waals surface area contributed by atoms with Gasteiger partial charge >= 0.3 is 0 Å². The molecule has 3 nitrogen and oxygen atoms in total. The van der Waals surface area contributed by atoms with Gasteiger partial charge in [-0.2, -0.15) is 0 Å². The number of nitrogens with zero attached hydrogens (tertiary/aromatic N) is 3. The Labute approximate surface area is 209 Å². The van der Waals surface area contributed by atoms with Crippen LogP contribution < -0.4 is 0 Å². The molecule has 1 heterocycles. The van der Waals surface area contributed by atoms with Crippen LogP contribution in [0.3, 0.4) is 0 Å². The summed E-state index contributed by atoms with van der Waals surface area (Å²) in [6.07, 6.45) is 6.15. The summed E-state index contributed by atoms with van der Waals surface area (Å²) >= 11 is 0. The maximum absolute atomic E-state index is 7.52.